The zero-order valence-corrected chi connectivity index (χ0v) is 38.2. The van der Waals surface area contributed by atoms with Crippen LogP contribution in [0.1, 0.15) is 22.3 Å². The van der Waals surface area contributed by atoms with E-state index in [1.165, 1.54) is 0 Å². The lowest BCUT2D eigenvalue weighted by molar-refractivity contribution is 1.08. The molecule has 8 heteroatoms. The van der Waals surface area contributed by atoms with E-state index in [0.717, 1.165) is 87.2 Å². The molecular weight excluding hydrogens is 881 g/mol. The van der Waals surface area contributed by atoms with Crippen LogP contribution in [-0.2, 0) is 0 Å². The Kier molecular flexibility index (Phi) is 8.67. The van der Waals surface area contributed by atoms with Gasteiger partial charge in [-0.15, -0.1) is 0 Å². The first-order valence-corrected chi connectivity index (χ1v) is 23.6. The van der Waals surface area contributed by atoms with E-state index >= 15 is 0 Å². The van der Waals surface area contributed by atoms with Crippen molar-refractivity contribution in [1.82, 2.24) is 18.3 Å². The van der Waals surface area contributed by atoms with Crippen molar-refractivity contribution in [2.75, 3.05) is 0 Å². The Morgan fingerprint density at radius 1 is 0.250 bits per heavy atom. The van der Waals surface area contributed by atoms with Gasteiger partial charge in [-0.2, -0.15) is 21.0 Å². The van der Waals surface area contributed by atoms with Crippen LogP contribution in [0.25, 0.3) is 121 Å². The molecule has 0 aliphatic heterocycles. The number of fused-ring (bicyclic) bond motifs is 12. The first-order valence-electron chi connectivity index (χ1n) is 23.6. The third-order valence-corrected chi connectivity index (χ3v) is 14.5. The summed E-state index contributed by atoms with van der Waals surface area (Å²) < 4.78 is 8.44. The molecule has 4 heterocycles. The fourth-order valence-corrected chi connectivity index (χ4v) is 11.7. The van der Waals surface area contributed by atoms with Crippen molar-refractivity contribution in [1.29, 1.82) is 21.0 Å². The van der Waals surface area contributed by atoms with E-state index in [1.807, 2.05) is 133 Å². The smallest absolute Gasteiger partial charge is 0.102 e. The van der Waals surface area contributed by atoms with Crippen LogP contribution in [0.3, 0.4) is 0 Å². The maximum Gasteiger partial charge on any atom is 0.102 e. The number of para-hydroxylation sites is 8. The standard InChI is InChI=1S/C64H34N8/c65-35-39-33-61(71-55-29-13-5-21-44(55)45-22-6-14-30-56(45)71)64(72-57-31-15-7-23-46(57)47-24-8-16-32-58(47)72)50(38-68)62(39)63-48(36-66)59(69-51-25-9-1-17-40(51)41-18-2-10-26-52(41)69)34-60(49(63)37-67)70-53-27-11-3-19-42(53)43-20-4-12-28-54(43)70/h1-34H. The first-order chi connectivity index (χ1) is 35.6. The van der Waals surface area contributed by atoms with Gasteiger partial charge in [0.2, 0.25) is 0 Å². The molecule has 4 aromatic heterocycles. The number of hydrogen-bond acceptors (Lipinski definition) is 4. The zero-order chi connectivity index (χ0) is 48.2. The number of benzene rings is 10. The first kappa shape index (κ1) is 40.4. The van der Waals surface area contributed by atoms with Crippen LogP contribution in [0, 0.1) is 45.3 Å². The molecule has 0 radical (unpaired) electrons. The minimum atomic E-state index is 0.133. The van der Waals surface area contributed by atoms with Gasteiger partial charge in [-0.05, 0) is 60.7 Å². The third kappa shape index (κ3) is 5.41. The molecule has 0 spiro atoms. The van der Waals surface area contributed by atoms with Crippen LogP contribution >= 0.6 is 0 Å². The minimum Gasteiger partial charge on any atom is -0.308 e. The predicted octanol–water partition coefficient (Wildman–Crippen LogP) is 15.2. The van der Waals surface area contributed by atoms with Crippen LogP contribution in [-0.4, -0.2) is 18.3 Å². The highest BCUT2D eigenvalue weighted by atomic mass is 15.1. The summed E-state index contributed by atoms with van der Waals surface area (Å²) in [5.74, 6) is 0. The topological polar surface area (TPSA) is 115 Å². The van der Waals surface area contributed by atoms with Gasteiger partial charge in [-0.3, -0.25) is 0 Å². The lowest BCUT2D eigenvalue weighted by Gasteiger charge is -2.24. The highest BCUT2D eigenvalue weighted by molar-refractivity contribution is 6.14. The van der Waals surface area contributed by atoms with Gasteiger partial charge in [0.25, 0.3) is 0 Å². The quantitative estimate of drug-likeness (QED) is 0.171. The summed E-state index contributed by atoms with van der Waals surface area (Å²) >= 11 is 0. The Hall–Kier alpha value is -10.6. The van der Waals surface area contributed by atoms with Gasteiger partial charge in [0, 0.05) is 54.2 Å². The second-order valence-electron chi connectivity index (χ2n) is 18.0. The summed E-state index contributed by atoms with van der Waals surface area (Å²) in [6.07, 6.45) is 0. The van der Waals surface area contributed by atoms with Gasteiger partial charge in [-0.25, -0.2) is 0 Å². The second kappa shape index (κ2) is 15.4. The molecule has 0 aliphatic rings. The minimum absolute atomic E-state index is 0.133. The summed E-state index contributed by atoms with van der Waals surface area (Å²) in [6, 6.07) is 79.2. The second-order valence-corrected chi connectivity index (χ2v) is 18.0. The van der Waals surface area contributed by atoms with Crippen LogP contribution in [0.5, 0.6) is 0 Å². The van der Waals surface area contributed by atoms with E-state index in [0.29, 0.717) is 22.7 Å². The van der Waals surface area contributed by atoms with Gasteiger partial charge >= 0.3 is 0 Å². The average Bonchev–Trinajstić information content (AvgIpc) is 4.17. The van der Waals surface area contributed by atoms with Gasteiger partial charge in [0.15, 0.2) is 0 Å². The number of aromatic nitrogens is 4. The molecule has 0 saturated heterocycles. The highest BCUT2D eigenvalue weighted by Crippen LogP contribution is 2.48. The third-order valence-electron chi connectivity index (χ3n) is 14.5. The van der Waals surface area contributed by atoms with Gasteiger partial charge in [-0.1, -0.05) is 146 Å². The van der Waals surface area contributed by atoms with Crippen molar-refractivity contribution in [2.45, 2.75) is 0 Å². The van der Waals surface area contributed by atoms with Crippen LogP contribution in [0.15, 0.2) is 206 Å². The van der Waals surface area contributed by atoms with Crippen LogP contribution < -0.4 is 0 Å². The van der Waals surface area contributed by atoms with Gasteiger partial charge in [0.1, 0.15) is 18.2 Å². The van der Waals surface area contributed by atoms with E-state index in [4.69, 9.17) is 0 Å². The fourth-order valence-electron chi connectivity index (χ4n) is 11.7. The lowest BCUT2D eigenvalue weighted by Crippen LogP contribution is -2.12. The molecular formula is C64H34N8. The molecule has 0 N–H and O–H groups in total. The number of hydrogen-bond donors (Lipinski definition) is 0. The normalized spacial score (nSPS) is 11.6. The van der Waals surface area contributed by atoms with Crippen LogP contribution in [0.2, 0.25) is 0 Å². The summed E-state index contributed by atoms with van der Waals surface area (Å²) in [7, 11) is 0. The average molecular weight is 915 g/mol. The molecule has 0 amide bonds. The number of rotatable bonds is 5. The van der Waals surface area contributed by atoms with Gasteiger partial charge in [0.05, 0.1) is 95.2 Å². The number of nitriles is 4. The Bertz CT molecular complexity index is 4510. The maximum atomic E-state index is 12.2. The van der Waals surface area contributed by atoms with Gasteiger partial charge < -0.3 is 18.3 Å². The van der Waals surface area contributed by atoms with Crippen molar-refractivity contribution >= 4 is 87.2 Å². The molecule has 8 nitrogen and oxygen atoms in total. The van der Waals surface area contributed by atoms with Crippen LogP contribution in [0.4, 0.5) is 0 Å². The monoisotopic (exact) mass is 914 g/mol. The molecule has 14 rings (SSSR count). The summed E-state index contributed by atoms with van der Waals surface area (Å²) in [5, 5.41) is 55.8. The Morgan fingerprint density at radius 2 is 0.514 bits per heavy atom. The summed E-state index contributed by atoms with van der Waals surface area (Å²) in [4.78, 5) is 0. The molecule has 330 valence electrons. The van der Waals surface area contributed by atoms with Crippen molar-refractivity contribution in [3.63, 3.8) is 0 Å². The zero-order valence-electron chi connectivity index (χ0n) is 38.2. The summed E-state index contributed by atoms with van der Waals surface area (Å²) in [5.41, 5.74) is 9.93. The van der Waals surface area contributed by atoms with Crippen molar-refractivity contribution in [2.24, 2.45) is 0 Å². The van der Waals surface area contributed by atoms with Crippen molar-refractivity contribution in [3.05, 3.63) is 229 Å². The molecule has 10 aromatic carbocycles. The number of nitrogens with zero attached hydrogens (tertiary/aromatic N) is 8. The fraction of sp³-hybridized carbons (Fsp3) is 0. The molecule has 0 unspecified atom stereocenters. The Morgan fingerprint density at radius 3 is 0.792 bits per heavy atom. The van der Waals surface area contributed by atoms with E-state index in [1.54, 1.807) is 0 Å². The maximum absolute atomic E-state index is 12.2. The van der Waals surface area contributed by atoms with E-state index in [2.05, 4.69) is 115 Å². The summed E-state index contributed by atoms with van der Waals surface area (Å²) in [6.45, 7) is 0. The molecule has 0 aliphatic carbocycles. The predicted molar refractivity (Wildman–Crippen MR) is 288 cm³/mol. The van der Waals surface area contributed by atoms with E-state index < -0.39 is 0 Å². The molecule has 72 heavy (non-hydrogen) atoms. The Balaban J connectivity index is 1.24. The molecule has 0 fully saturated rings. The molecule has 0 atom stereocenters. The van der Waals surface area contributed by atoms with E-state index in [-0.39, 0.29) is 33.4 Å². The molecule has 0 saturated carbocycles. The largest absolute Gasteiger partial charge is 0.308 e. The van der Waals surface area contributed by atoms with E-state index in [9.17, 15) is 21.0 Å². The molecule has 14 aromatic rings. The highest BCUT2D eigenvalue weighted by Gasteiger charge is 2.33. The van der Waals surface area contributed by atoms with Crippen molar-refractivity contribution < 1.29 is 0 Å². The SMILES string of the molecule is N#Cc1cc(-n2c3ccccc3c3ccccc32)c(-n2c3ccccc3c3ccccc32)c(C#N)c1-c1c(C#N)c(-n2c3ccccc3c3ccccc32)cc(-n2c3ccccc3c3ccccc32)c1C#N. The Labute approximate surface area is 411 Å². The van der Waals surface area contributed by atoms with Crippen molar-refractivity contribution in [3.8, 4) is 58.2 Å². The molecule has 0 bridgehead atoms. The lowest BCUT2D eigenvalue weighted by atomic mass is 9.85.